The lowest BCUT2D eigenvalue weighted by Crippen LogP contribution is -2.31. The van der Waals surface area contributed by atoms with Gasteiger partial charge in [0.1, 0.15) is 5.75 Å². The van der Waals surface area contributed by atoms with Crippen molar-refractivity contribution in [3.63, 3.8) is 0 Å². The van der Waals surface area contributed by atoms with E-state index in [1.807, 2.05) is 24.3 Å². The molecule has 6 heteroatoms. The molecular formula is C13H19NO4S. The second-order valence-electron chi connectivity index (χ2n) is 4.56. The number of rotatable bonds is 7. The maximum absolute atomic E-state index is 11.8. The number of methoxy groups -OCH3 is 2. The lowest BCUT2D eigenvalue weighted by atomic mass is 10.1. The van der Waals surface area contributed by atoms with E-state index in [-0.39, 0.29) is 17.9 Å². The Morgan fingerprint density at radius 2 is 2.00 bits per heavy atom. The third-order valence-corrected chi connectivity index (χ3v) is 5.12. The van der Waals surface area contributed by atoms with Gasteiger partial charge >= 0.3 is 0 Å². The first-order valence-corrected chi connectivity index (χ1v) is 7.77. The fourth-order valence-corrected chi connectivity index (χ4v) is 3.32. The Balaban J connectivity index is 2.07. The van der Waals surface area contributed by atoms with Gasteiger partial charge in [0.25, 0.3) is 0 Å². The van der Waals surface area contributed by atoms with Gasteiger partial charge in [-0.2, -0.15) is 0 Å². The van der Waals surface area contributed by atoms with Gasteiger partial charge in [0.2, 0.25) is 10.0 Å². The van der Waals surface area contributed by atoms with Crippen LogP contribution in [0.15, 0.2) is 24.3 Å². The van der Waals surface area contributed by atoms with Gasteiger partial charge in [0.15, 0.2) is 0 Å². The molecule has 0 bridgehead atoms. The van der Waals surface area contributed by atoms with Gasteiger partial charge in [-0.3, -0.25) is 0 Å². The maximum Gasteiger partial charge on any atom is 0.214 e. The molecule has 106 valence electrons. The van der Waals surface area contributed by atoms with Crippen molar-refractivity contribution in [2.24, 2.45) is 0 Å². The monoisotopic (exact) mass is 285 g/mol. The fourth-order valence-electron chi connectivity index (χ4n) is 1.94. The highest BCUT2D eigenvalue weighted by Crippen LogP contribution is 2.29. The fraction of sp³-hybridized carbons (Fsp3) is 0.538. The first kappa shape index (κ1) is 14.3. The molecule has 5 nitrogen and oxygen atoms in total. The van der Waals surface area contributed by atoms with Crippen molar-refractivity contribution in [2.45, 2.75) is 24.2 Å². The standard InChI is InChI=1S/C13H19NO4S/c1-17-12-6-4-3-5-11(12)13(18-2)9-14-19(15,16)10-7-8-10/h3-6,10,13-14H,7-9H2,1-2H3/t13-/m1/s1. The van der Waals surface area contributed by atoms with E-state index in [1.54, 1.807) is 14.2 Å². The van der Waals surface area contributed by atoms with Crippen LogP contribution in [0.1, 0.15) is 24.5 Å². The molecule has 0 heterocycles. The molecule has 0 aromatic heterocycles. The van der Waals surface area contributed by atoms with Crippen LogP contribution >= 0.6 is 0 Å². The summed E-state index contributed by atoms with van der Waals surface area (Å²) in [5.41, 5.74) is 0.839. The molecule has 0 unspecified atom stereocenters. The van der Waals surface area contributed by atoms with E-state index in [9.17, 15) is 8.42 Å². The predicted molar refractivity (Wildman–Crippen MR) is 72.7 cm³/mol. The number of nitrogens with one attached hydrogen (secondary N) is 1. The minimum Gasteiger partial charge on any atom is -0.496 e. The van der Waals surface area contributed by atoms with Gasteiger partial charge in [-0.15, -0.1) is 0 Å². The summed E-state index contributed by atoms with van der Waals surface area (Å²) < 4.78 is 36.8. The zero-order valence-electron chi connectivity index (χ0n) is 11.1. The zero-order chi connectivity index (χ0) is 13.9. The van der Waals surface area contributed by atoms with E-state index < -0.39 is 10.0 Å². The van der Waals surface area contributed by atoms with E-state index in [0.29, 0.717) is 5.75 Å². The number of hydrogen-bond donors (Lipinski definition) is 1. The summed E-state index contributed by atoms with van der Waals surface area (Å²) in [6, 6.07) is 7.44. The summed E-state index contributed by atoms with van der Waals surface area (Å²) in [6.07, 6.45) is 1.15. The third kappa shape index (κ3) is 3.46. The maximum atomic E-state index is 11.8. The number of hydrogen-bond acceptors (Lipinski definition) is 4. The van der Waals surface area contributed by atoms with E-state index in [4.69, 9.17) is 9.47 Å². The van der Waals surface area contributed by atoms with Gasteiger partial charge in [-0.05, 0) is 18.9 Å². The second-order valence-corrected chi connectivity index (χ2v) is 6.60. The van der Waals surface area contributed by atoms with Crippen LogP contribution in [0.25, 0.3) is 0 Å². The molecule has 1 aromatic carbocycles. The van der Waals surface area contributed by atoms with Crippen molar-refractivity contribution in [1.82, 2.24) is 4.72 Å². The quantitative estimate of drug-likeness (QED) is 0.824. The van der Waals surface area contributed by atoms with Crippen molar-refractivity contribution < 1.29 is 17.9 Å². The molecule has 0 amide bonds. The van der Waals surface area contributed by atoms with Crippen molar-refractivity contribution >= 4 is 10.0 Å². The molecule has 1 N–H and O–H groups in total. The molecule has 1 aromatic rings. The summed E-state index contributed by atoms with van der Waals surface area (Å²) >= 11 is 0. The number of sulfonamides is 1. The average molecular weight is 285 g/mol. The third-order valence-electron chi connectivity index (χ3n) is 3.20. The first-order chi connectivity index (χ1) is 9.08. The highest BCUT2D eigenvalue weighted by atomic mass is 32.2. The number of ether oxygens (including phenoxy) is 2. The van der Waals surface area contributed by atoms with E-state index in [2.05, 4.69) is 4.72 Å². The van der Waals surface area contributed by atoms with Crippen LogP contribution in [0.5, 0.6) is 5.75 Å². The SMILES string of the molecule is COc1ccccc1[C@@H](CNS(=O)(=O)C1CC1)OC. The molecule has 1 aliphatic rings. The molecule has 19 heavy (non-hydrogen) atoms. The normalized spacial score (nSPS) is 17.2. The highest BCUT2D eigenvalue weighted by molar-refractivity contribution is 7.90. The Kier molecular flexibility index (Phi) is 4.44. The van der Waals surface area contributed by atoms with Crippen molar-refractivity contribution in [3.8, 4) is 5.75 Å². The average Bonchev–Trinajstić information content (AvgIpc) is 3.24. The van der Waals surface area contributed by atoms with Gasteiger partial charge < -0.3 is 9.47 Å². The topological polar surface area (TPSA) is 64.6 Å². The summed E-state index contributed by atoms with van der Waals surface area (Å²) in [7, 11) is -0.0493. The largest absolute Gasteiger partial charge is 0.496 e. The van der Waals surface area contributed by atoms with Gasteiger partial charge in [0.05, 0.1) is 18.5 Å². The Bertz CT molecular complexity index is 525. The number of para-hydroxylation sites is 1. The smallest absolute Gasteiger partial charge is 0.214 e. The number of benzene rings is 1. The van der Waals surface area contributed by atoms with Crippen molar-refractivity contribution in [2.75, 3.05) is 20.8 Å². The molecule has 1 atom stereocenters. The summed E-state index contributed by atoms with van der Waals surface area (Å²) in [6.45, 7) is 0.218. The molecule has 1 aliphatic carbocycles. The molecule has 2 rings (SSSR count). The molecule has 1 saturated carbocycles. The Labute approximate surface area is 114 Å². The molecule has 0 saturated heterocycles. The molecular weight excluding hydrogens is 266 g/mol. The lowest BCUT2D eigenvalue weighted by molar-refractivity contribution is 0.105. The van der Waals surface area contributed by atoms with Gasteiger partial charge in [0, 0.05) is 19.2 Å². The van der Waals surface area contributed by atoms with Crippen LogP contribution in [-0.2, 0) is 14.8 Å². The molecule has 0 radical (unpaired) electrons. The minimum atomic E-state index is -3.19. The first-order valence-electron chi connectivity index (χ1n) is 6.22. The van der Waals surface area contributed by atoms with E-state index >= 15 is 0 Å². The predicted octanol–water partition coefficient (Wildman–Crippen LogP) is 1.46. The Hall–Kier alpha value is -1.11. The Morgan fingerprint density at radius 3 is 2.58 bits per heavy atom. The summed E-state index contributed by atoms with van der Waals surface area (Å²) in [4.78, 5) is 0. The lowest BCUT2D eigenvalue weighted by Gasteiger charge is -2.19. The van der Waals surface area contributed by atoms with Crippen LogP contribution in [0.2, 0.25) is 0 Å². The summed E-state index contributed by atoms with van der Waals surface area (Å²) in [5, 5.41) is -0.220. The minimum absolute atomic E-state index is 0.218. The molecule has 0 aliphatic heterocycles. The zero-order valence-corrected chi connectivity index (χ0v) is 11.9. The van der Waals surface area contributed by atoms with Gasteiger partial charge in [-0.1, -0.05) is 18.2 Å². The second kappa shape index (κ2) is 5.90. The van der Waals surface area contributed by atoms with Crippen LogP contribution in [0.3, 0.4) is 0 Å². The molecule has 0 spiro atoms. The van der Waals surface area contributed by atoms with E-state index in [0.717, 1.165) is 18.4 Å². The molecule has 1 fully saturated rings. The van der Waals surface area contributed by atoms with Crippen LogP contribution in [0.4, 0.5) is 0 Å². The highest BCUT2D eigenvalue weighted by Gasteiger charge is 2.35. The van der Waals surface area contributed by atoms with Crippen LogP contribution in [-0.4, -0.2) is 34.4 Å². The van der Waals surface area contributed by atoms with E-state index in [1.165, 1.54) is 0 Å². The van der Waals surface area contributed by atoms with Crippen LogP contribution in [0, 0.1) is 0 Å². The van der Waals surface area contributed by atoms with Crippen LogP contribution < -0.4 is 9.46 Å². The van der Waals surface area contributed by atoms with Crippen molar-refractivity contribution in [1.29, 1.82) is 0 Å². The summed E-state index contributed by atoms with van der Waals surface area (Å²) in [5.74, 6) is 0.694. The van der Waals surface area contributed by atoms with Gasteiger partial charge in [-0.25, -0.2) is 13.1 Å². The Morgan fingerprint density at radius 1 is 1.32 bits per heavy atom. The van der Waals surface area contributed by atoms with Crippen molar-refractivity contribution in [3.05, 3.63) is 29.8 Å².